The van der Waals surface area contributed by atoms with Crippen molar-refractivity contribution in [1.82, 2.24) is 10.6 Å². The van der Waals surface area contributed by atoms with E-state index in [1.807, 2.05) is 6.92 Å². The van der Waals surface area contributed by atoms with E-state index >= 15 is 0 Å². The minimum Gasteiger partial charge on any atom is -0.386 e. The molecule has 1 aliphatic heterocycles. The second-order valence-corrected chi connectivity index (χ2v) is 7.44. The van der Waals surface area contributed by atoms with E-state index < -0.39 is 11.9 Å². The van der Waals surface area contributed by atoms with E-state index in [2.05, 4.69) is 29.5 Å². The molecule has 4 unspecified atom stereocenters. The third-order valence-corrected chi connectivity index (χ3v) is 5.42. The number of hydrogen-bond donors (Lipinski definition) is 3. The fourth-order valence-corrected chi connectivity index (χ4v) is 4.11. The van der Waals surface area contributed by atoms with E-state index in [1.165, 1.54) is 6.07 Å². The number of nitrogens with zero attached hydrogens (tertiary/aromatic N) is 1. The van der Waals surface area contributed by atoms with Gasteiger partial charge in [0.05, 0.1) is 12.6 Å². The molecule has 2 fully saturated rings. The Bertz CT molecular complexity index is 635. The van der Waals surface area contributed by atoms with Crippen molar-refractivity contribution in [1.29, 1.82) is 0 Å². The van der Waals surface area contributed by atoms with Gasteiger partial charge >= 0.3 is 0 Å². The first-order valence-electron chi connectivity index (χ1n) is 9.04. The predicted octanol–water partition coefficient (Wildman–Crippen LogP) is 2.23. The molecule has 4 atom stereocenters. The zero-order chi connectivity index (χ0) is 18.0. The van der Waals surface area contributed by atoms with Gasteiger partial charge in [-0.3, -0.25) is 4.99 Å². The van der Waals surface area contributed by atoms with Gasteiger partial charge in [-0.1, -0.05) is 32.0 Å². The molecular weight excluding hydrogens is 321 g/mol. The third-order valence-electron chi connectivity index (χ3n) is 5.42. The topological polar surface area (TPSA) is 65.9 Å². The van der Waals surface area contributed by atoms with Gasteiger partial charge in [-0.05, 0) is 19.4 Å². The first kappa shape index (κ1) is 18.1. The Balaban J connectivity index is 1.66. The van der Waals surface area contributed by atoms with Crippen LogP contribution in [0.5, 0.6) is 0 Å². The van der Waals surface area contributed by atoms with Gasteiger partial charge < -0.3 is 20.5 Å². The van der Waals surface area contributed by atoms with Gasteiger partial charge in [0.1, 0.15) is 11.9 Å². The molecule has 2 aliphatic rings. The van der Waals surface area contributed by atoms with E-state index in [0.717, 1.165) is 19.6 Å². The number of guanidine groups is 1. The summed E-state index contributed by atoms with van der Waals surface area (Å²) < 4.78 is 19.6. The molecule has 1 saturated carbocycles. The number of aliphatic hydroxyl groups is 1. The van der Waals surface area contributed by atoms with Crippen molar-refractivity contribution >= 4 is 5.96 Å². The molecule has 0 aromatic heterocycles. The van der Waals surface area contributed by atoms with Gasteiger partial charge in [-0.25, -0.2) is 4.39 Å². The molecule has 0 amide bonds. The lowest BCUT2D eigenvalue weighted by Gasteiger charge is -2.54. The average molecular weight is 349 g/mol. The number of halogens is 1. The number of aliphatic imine (C=N–C) groups is 1. The Morgan fingerprint density at radius 3 is 2.92 bits per heavy atom. The normalized spacial score (nSPS) is 28.8. The lowest BCUT2D eigenvalue weighted by atomic mass is 9.57. The van der Waals surface area contributed by atoms with E-state index in [9.17, 15) is 9.50 Å². The SMILES string of the molecule is CCNC(=NCC(O)c1ccccc1F)NC1C2CCOC2C1(C)C. The van der Waals surface area contributed by atoms with Crippen molar-refractivity contribution in [3.63, 3.8) is 0 Å². The summed E-state index contributed by atoms with van der Waals surface area (Å²) in [5.41, 5.74) is 0.317. The van der Waals surface area contributed by atoms with Gasteiger partial charge in [-0.2, -0.15) is 0 Å². The van der Waals surface area contributed by atoms with Crippen molar-refractivity contribution in [2.24, 2.45) is 16.3 Å². The fraction of sp³-hybridized carbons (Fsp3) is 0.632. The molecule has 1 aromatic carbocycles. The molecule has 1 aromatic rings. The smallest absolute Gasteiger partial charge is 0.191 e. The first-order valence-corrected chi connectivity index (χ1v) is 9.04. The summed E-state index contributed by atoms with van der Waals surface area (Å²) in [6.07, 6.45) is 0.397. The summed E-state index contributed by atoms with van der Waals surface area (Å²) in [7, 11) is 0. The van der Waals surface area contributed by atoms with Crippen LogP contribution in [0.15, 0.2) is 29.3 Å². The maximum Gasteiger partial charge on any atom is 0.191 e. The largest absolute Gasteiger partial charge is 0.386 e. The van der Waals surface area contributed by atoms with E-state index in [0.29, 0.717) is 18.0 Å². The molecular formula is C19H28FN3O2. The molecule has 1 saturated heterocycles. The highest BCUT2D eigenvalue weighted by molar-refractivity contribution is 5.80. The molecule has 6 heteroatoms. The highest BCUT2D eigenvalue weighted by Crippen LogP contribution is 2.52. The summed E-state index contributed by atoms with van der Waals surface area (Å²) in [5.74, 6) is 0.742. The van der Waals surface area contributed by atoms with Crippen molar-refractivity contribution < 1.29 is 14.2 Å². The van der Waals surface area contributed by atoms with Crippen LogP contribution in [0.1, 0.15) is 38.9 Å². The van der Waals surface area contributed by atoms with Crippen LogP contribution in [0, 0.1) is 17.2 Å². The zero-order valence-corrected chi connectivity index (χ0v) is 15.1. The number of ether oxygens (including phenoxy) is 1. The standard InChI is InChI=1S/C19H28FN3O2/c1-4-21-18(22-11-15(24)12-7-5-6-8-14(12)20)23-16-13-9-10-25-17(13)19(16,2)3/h5-8,13,15-17,24H,4,9-11H2,1-3H3,(H2,21,22,23). The van der Waals surface area contributed by atoms with Gasteiger partial charge in [0.2, 0.25) is 0 Å². The summed E-state index contributed by atoms with van der Waals surface area (Å²) in [6.45, 7) is 8.05. The van der Waals surface area contributed by atoms with E-state index in [4.69, 9.17) is 4.74 Å². The molecule has 0 radical (unpaired) electrons. The molecule has 1 heterocycles. The number of aliphatic hydroxyl groups excluding tert-OH is 1. The summed E-state index contributed by atoms with van der Waals surface area (Å²) in [4.78, 5) is 4.47. The lowest BCUT2D eigenvalue weighted by molar-refractivity contribution is -0.106. The quantitative estimate of drug-likeness (QED) is 0.563. The van der Waals surface area contributed by atoms with Crippen LogP contribution in [0.25, 0.3) is 0 Å². The summed E-state index contributed by atoms with van der Waals surface area (Å²) in [5, 5.41) is 17.0. The van der Waals surface area contributed by atoms with Crippen LogP contribution in [-0.4, -0.2) is 42.9 Å². The van der Waals surface area contributed by atoms with Crippen LogP contribution in [0.3, 0.4) is 0 Å². The molecule has 0 spiro atoms. The minimum absolute atomic E-state index is 0.0432. The van der Waals surface area contributed by atoms with Crippen LogP contribution >= 0.6 is 0 Å². The molecule has 0 bridgehead atoms. The van der Waals surface area contributed by atoms with Crippen molar-refractivity contribution in [3.8, 4) is 0 Å². The lowest BCUT2D eigenvalue weighted by Crippen LogP contribution is -2.68. The van der Waals surface area contributed by atoms with Gasteiger partial charge in [0.25, 0.3) is 0 Å². The van der Waals surface area contributed by atoms with E-state index in [1.54, 1.807) is 18.2 Å². The van der Waals surface area contributed by atoms with Crippen LogP contribution < -0.4 is 10.6 Å². The number of benzene rings is 1. The number of nitrogens with one attached hydrogen (secondary N) is 2. The van der Waals surface area contributed by atoms with Crippen LogP contribution in [0.4, 0.5) is 4.39 Å². The summed E-state index contributed by atoms with van der Waals surface area (Å²) in [6, 6.07) is 6.54. The fourth-order valence-electron chi connectivity index (χ4n) is 4.11. The predicted molar refractivity (Wildman–Crippen MR) is 95.9 cm³/mol. The average Bonchev–Trinajstić information content (AvgIpc) is 3.04. The van der Waals surface area contributed by atoms with Crippen molar-refractivity contribution in [2.45, 2.75) is 45.4 Å². The second kappa shape index (κ2) is 7.30. The Hall–Kier alpha value is -1.66. The van der Waals surface area contributed by atoms with Gasteiger partial charge in [0.15, 0.2) is 5.96 Å². The zero-order valence-electron chi connectivity index (χ0n) is 15.1. The van der Waals surface area contributed by atoms with Gasteiger partial charge in [0, 0.05) is 36.1 Å². The molecule has 3 N–H and O–H groups in total. The Labute approximate surface area is 148 Å². The molecule has 138 valence electrons. The summed E-state index contributed by atoms with van der Waals surface area (Å²) >= 11 is 0. The maximum atomic E-state index is 13.8. The Morgan fingerprint density at radius 2 is 2.20 bits per heavy atom. The van der Waals surface area contributed by atoms with Crippen LogP contribution in [0.2, 0.25) is 0 Å². The van der Waals surface area contributed by atoms with E-state index in [-0.39, 0.29) is 23.6 Å². The Morgan fingerprint density at radius 1 is 1.44 bits per heavy atom. The monoisotopic (exact) mass is 349 g/mol. The van der Waals surface area contributed by atoms with Crippen molar-refractivity contribution in [3.05, 3.63) is 35.6 Å². The first-order chi connectivity index (χ1) is 11.9. The molecule has 1 aliphatic carbocycles. The second-order valence-electron chi connectivity index (χ2n) is 7.44. The molecule has 25 heavy (non-hydrogen) atoms. The van der Waals surface area contributed by atoms with Crippen molar-refractivity contribution in [2.75, 3.05) is 19.7 Å². The molecule has 3 rings (SSSR count). The number of rotatable bonds is 5. The highest BCUT2D eigenvalue weighted by atomic mass is 19.1. The minimum atomic E-state index is -0.964. The maximum absolute atomic E-state index is 13.8. The molecule has 5 nitrogen and oxygen atoms in total. The number of fused-ring (bicyclic) bond motifs is 1. The third kappa shape index (κ3) is 3.51. The van der Waals surface area contributed by atoms with Crippen LogP contribution in [-0.2, 0) is 4.74 Å². The number of hydrogen-bond acceptors (Lipinski definition) is 3. The Kier molecular flexibility index (Phi) is 5.29. The van der Waals surface area contributed by atoms with Gasteiger partial charge in [-0.15, -0.1) is 0 Å². The highest BCUT2D eigenvalue weighted by Gasteiger charge is 2.59.